The predicted octanol–water partition coefficient (Wildman–Crippen LogP) is 4.10. The van der Waals surface area contributed by atoms with E-state index in [0.29, 0.717) is 10.6 Å². The summed E-state index contributed by atoms with van der Waals surface area (Å²) >= 11 is 5.83. The summed E-state index contributed by atoms with van der Waals surface area (Å²) < 4.78 is 5.27. The summed E-state index contributed by atoms with van der Waals surface area (Å²) in [5.74, 6) is -0.210. The summed E-state index contributed by atoms with van der Waals surface area (Å²) in [5, 5.41) is 0.560. The molecule has 1 aliphatic heterocycles. The van der Waals surface area contributed by atoms with Crippen molar-refractivity contribution in [2.75, 3.05) is 6.54 Å². The molecule has 23 heavy (non-hydrogen) atoms. The molecule has 4 nitrogen and oxygen atoms in total. The average molecular weight is 330 g/mol. The third kappa shape index (κ3) is 3.22. The first-order chi connectivity index (χ1) is 11.1. The standard InChI is InChI=1S/C18H16ClNO3/c1-12(13-5-3-2-4-6-13)20-11-16(23-18(20)22)17(21)14-7-9-15(19)10-8-14/h2-10,12,16H,11H2,1H3/t12-,16+/m1/s1. The monoisotopic (exact) mass is 329 g/mol. The van der Waals surface area contributed by atoms with Crippen LogP contribution >= 0.6 is 11.6 Å². The quantitative estimate of drug-likeness (QED) is 0.793. The van der Waals surface area contributed by atoms with Crippen LogP contribution in [-0.4, -0.2) is 29.4 Å². The van der Waals surface area contributed by atoms with Gasteiger partial charge in [-0.3, -0.25) is 9.69 Å². The van der Waals surface area contributed by atoms with E-state index < -0.39 is 12.2 Å². The van der Waals surface area contributed by atoms with Gasteiger partial charge in [-0.25, -0.2) is 4.79 Å². The van der Waals surface area contributed by atoms with Gasteiger partial charge >= 0.3 is 6.09 Å². The van der Waals surface area contributed by atoms with Crippen molar-refractivity contribution in [2.45, 2.75) is 19.1 Å². The summed E-state index contributed by atoms with van der Waals surface area (Å²) in [6.45, 7) is 2.17. The first kappa shape index (κ1) is 15.6. The van der Waals surface area contributed by atoms with Crippen LogP contribution in [-0.2, 0) is 4.74 Å². The molecule has 1 aliphatic rings. The average Bonchev–Trinajstić information content (AvgIpc) is 2.97. The minimum atomic E-state index is -0.783. The molecular formula is C18H16ClNO3. The van der Waals surface area contributed by atoms with Crippen LogP contribution in [0.4, 0.5) is 4.79 Å². The van der Waals surface area contributed by atoms with Crippen molar-refractivity contribution in [3.8, 4) is 0 Å². The second kappa shape index (κ2) is 6.42. The molecule has 1 heterocycles. The van der Waals surface area contributed by atoms with Gasteiger partial charge in [-0.05, 0) is 36.8 Å². The smallest absolute Gasteiger partial charge is 0.411 e. The van der Waals surface area contributed by atoms with Crippen molar-refractivity contribution in [3.05, 3.63) is 70.7 Å². The minimum absolute atomic E-state index is 0.147. The van der Waals surface area contributed by atoms with Crippen LogP contribution in [0.1, 0.15) is 28.9 Å². The van der Waals surface area contributed by atoms with E-state index in [1.165, 1.54) is 0 Å². The number of ketones is 1. The molecule has 0 aliphatic carbocycles. The van der Waals surface area contributed by atoms with Crippen LogP contribution in [0.5, 0.6) is 0 Å². The number of halogens is 1. The molecule has 2 aromatic rings. The number of hydrogen-bond donors (Lipinski definition) is 0. The zero-order chi connectivity index (χ0) is 16.4. The molecule has 0 saturated carbocycles. The fraction of sp³-hybridized carbons (Fsp3) is 0.222. The Morgan fingerprint density at radius 1 is 1.17 bits per heavy atom. The number of carbonyl (C=O) groups is 2. The number of benzene rings is 2. The molecule has 0 bridgehead atoms. The highest BCUT2D eigenvalue weighted by Gasteiger charge is 2.39. The number of rotatable bonds is 4. The van der Waals surface area contributed by atoms with Crippen LogP contribution in [0.15, 0.2) is 54.6 Å². The third-order valence-electron chi connectivity index (χ3n) is 4.01. The Balaban J connectivity index is 1.74. The van der Waals surface area contributed by atoms with E-state index in [9.17, 15) is 9.59 Å². The first-order valence-corrected chi connectivity index (χ1v) is 7.76. The summed E-state index contributed by atoms with van der Waals surface area (Å²) in [5.41, 5.74) is 1.49. The van der Waals surface area contributed by atoms with Crippen molar-refractivity contribution in [1.82, 2.24) is 4.90 Å². The van der Waals surface area contributed by atoms with Crippen molar-refractivity contribution in [2.24, 2.45) is 0 Å². The van der Waals surface area contributed by atoms with E-state index in [1.807, 2.05) is 37.3 Å². The summed E-state index contributed by atoms with van der Waals surface area (Å²) in [7, 11) is 0. The highest BCUT2D eigenvalue weighted by molar-refractivity contribution is 6.30. The summed E-state index contributed by atoms with van der Waals surface area (Å²) in [6, 6.07) is 16.1. The lowest BCUT2D eigenvalue weighted by molar-refractivity contribution is 0.0760. The van der Waals surface area contributed by atoms with E-state index in [-0.39, 0.29) is 18.4 Å². The second-order valence-electron chi connectivity index (χ2n) is 5.48. The van der Waals surface area contributed by atoms with Gasteiger partial charge in [0.25, 0.3) is 0 Å². The minimum Gasteiger partial charge on any atom is -0.436 e. The van der Waals surface area contributed by atoms with Crippen molar-refractivity contribution >= 4 is 23.5 Å². The summed E-state index contributed by atoms with van der Waals surface area (Å²) in [4.78, 5) is 26.2. The number of hydrogen-bond acceptors (Lipinski definition) is 3. The third-order valence-corrected chi connectivity index (χ3v) is 4.26. The number of ether oxygens (including phenoxy) is 1. The van der Waals surface area contributed by atoms with Crippen LogP contribution in [0.3, 0.4) is 0 Å². The molecular weight excluding hydrogens is 314 g/mol. The molecule has 0 radical (unpaired) electrons. The Bertz CT molecular complexity index is 715. The van der Waals surface area contributed by atoms with Gasteiger partial charge in [-0.1, -0.05) is 41.9 Å². The van der Waals surface area contributed by atoms with Gasteiger partial charge < -0.3 is 4.74 Å². The maximum Gasteiger partial charge on any atom is 0.411 e. The largest absolute Gasteiger partial charge is 0.436 e. The number of amides is 1. The molecule has 118 valence electrons. The molecule has 2 atom stereocenters. The maximum atomic E-state index is 12.5. The molecule has 5 heteroatoms. The Morgan fingerprint density at radius 3 is 2.48 bits per heavy atom. The molecule has 0 spiro atoms. The summed E-state index contributed by atoms with van der Waals surface area (Å²) in [6.07, 6.45) is -1.25. The van der Waals surface area contributed by atoms with Gasteiger partial charge in [-0.2, -0.15) is 0 Å². The van der Waals surface area contributed by atoms with Crippen LogP contribution in [0, 0.1) is 0 Å². The van der Waals surface area contributed by atoms with Crippen LogP contribution in [0.2, 0.25) is 5.02 Å². The van der Waals surface area contributed by atoms with E-state index in [0.717, 1.165) is 5.56 Å². The number of nitrogens with zero attached hydrogens (tertiary/aromatic N) is 1. The molecule has 1 saturated heterocycles. The molecule has 1 amide bonds. The van der Waals surface area contributed by atoms with Gasteiger partial charge in [-0.15, -0.1) is 0 Å². The van der Waals surface area contributed by atoms with Crippen molar-refractivity contribution in [3.63, 3.8) is 0 Å². The van der Waals surface area contributed by atoms with Gasteiger partial charge in [0.15, 0.2) is 6.10 Å². The van der Waals surface area contributed by atoms with Crippen LogP contribution < -0.4 is 0 Å². The van der Waals surface area contributed by atoms with E-state index >= 15 is 0 Å². The van der Waals surface area contributed by atoms with Gasteiger partial charge in [0, 0.05) is 10.6 Å². The second-order valence-corrected chi connectivity index (χ2v) is 5.92. The van der Waals surface area contributed by atoms with Crippen LogP contribution in [0.25, 0.3) is 0 Å². The Morgan fingerprint density at radius 2 is 1.83 bits per heavy atom. The zero-order valence-electron chi connectivity index (χ0n) is 12.6. The van der Waals surface area contributed by atoms with Crippen molar-refractivity contribution in [1.29, 1.82) is 0 Å². The molecule has 0 N–H and O–H groups in total. The number of carbonyl (C=O) groups excluding carboxylic acids is 2. The van der Waals surface area contributed by atoms with E-state index in [2.05, 4.69) is 0 Å². The lowest BCUT2D eigenvalue weighted by atomic mass is 10.0. The molecule has 2 aromatic carbocycles. The maximum absolute atomic E-state index is 12.5. The highest BCUT2D eigenvalue weighted by atomic mass is 35.5. The lowest BCUT2D eigenvalue weighted by Gasteiger charge is -2.22. The highest BCUT2D eigenvalue weighted by Crippen LogP contribution is 2.27. The van der Waals surface area contributed by atoms with Gasteiger partial charge in [0.1, 0.15) is 0 Å². The molecule has 1 fully saturated rings. The van der Waals surface area contributed by atoms with Gasteiger partial charge in [0.2, 0.25) is 5.78 Å². The van der Waals surface area contributed by atoms with Crippen molar-refractivity contribution < 1.29 is 14.3 Å². The fourth-order valence-electron chi connectivity index (χ4n) is 2.64. The first-order valence-electron chi connectivity index (χ1n) is 7.38. The predicted molar refractivity (Wildman–Crippen MR) is 87.6 cm³/mol. The molecule has 0 unspecified atom stereocenters. The SMILES string of the molecule is C[C@H](c1ccccc1)N1C[C@@H](C(=O)c2ccc(Cl)cc2)OC1=O. The fourth-order valence-corrected chi connectivity index (χ4v) is 2.77. The Kier molecular flexibility index (Phi) is 4.35. The zero-order valence-corrected chi connectivity index (χ0v) is 13.4. The number of cyclic esters (lactones) is 1. The lowest BCUT2D eigenvalue weighted by Crippen LogP contribution is -2.30. The van der Waals surface area contributed by atoms with E-state index in [4.69, 9.17) is 16.3 Å². The normalized spacial score (nSPS) is 18.6. The Labute approximate surface area is 139 Å². The number of Topliss-reactive ketones (excluding diaryl/α,β-unsaturated/α-hetero) is 1. The molecule has 0 aromatic heterocycles. The van der Waals surface area contributed by atoms with Gasteiger partial charge in [0.05, 0.1) is 12.6 Å². The topological polar surface area (TPSA) is 46.6 Å². The van der Waals surface area contributed by atoms with E-state index in [1.54, 1.807) is 29.2 Å². The Hall–Kier alpha value is -2.33. The molecule has 3 rings (SSSR count).